The molecule has 1 aliphatic heterocycles. The Kier molecular flexibility index (Phi) is 3.68. The lowest BCUT2D eigenvalue weighted by molar-refractivity contribution is -0.116. The lowest BCUT2D eigenvalue weighted by Gasteiger charge is -2.24. The SMILES string of the molecule is CN(C(=O)CN1c2ccccc2N(C2CC2)S1(=O)=O)c1ccccc1. The average Bonchev–Trinajstić information content (AvgIpc) is 3.41. The van der Waals surface area contributed by atoms with Crippen LogP contribution in [0.2, 0.25) is 0 Å². The fraction of sp³-hybridized carbons (Fsp3) is 0.278. The molecule has 0 bridgehead atoms. The molecule has 130 valence electrons. The van der Waals surface area contributed by atoms with E-state index in [2.05, 4.69) is 0 Å². The molecule has 0 aromatic heterocycles. The molecule has 2 aromatic carbocycles. The van der Waals surface area contributed by atoms with Gasteiger partial charge in [0.25, 0.3) is 0 Å². The van der Waals surface area contributed by atoms with E-state index in [9.17, 15) is 13.2 Å². The number of benzene rings is 2. The second-order valence-electron chi connectivity index (χ2n) is 6.32. The maximum atomic E-state index is 13.0. The number of hydrogen-bond donors (Lipinski definition) is 0. The fourth-order valence-electron chi connectivity index (χ4n) is 3.10. The first-order valence-corrected chi connectivity index (χ1v) is 9.62. The number of fused-ring (bicyclic) bond motifs is 1. The lowest BCUT2D eigenvalue weighted by atomic mass is 10.2. The third-order valence-corrected chi connectivity index (χ3v) is 6.46. The third kappa shape index (κ3) is 2.64. The van der Waals surface area contributed by atoms with Gasteiger partial charge in [0.05, 0.1) is 11.4 Å². The zero-order valence-corrected chi connectivity index (χ0v) is 14.7. The smallest absolute Gasteiger partial charge is 0.314 e. The van der Waals surface area contributed by atoms with Gasteiger partial charge in [-0.15, -0.1) is 0 Å². The number of likely N-dealkylation sites (N-methyl/N-ethyl adjacent to an activating group) is 1. The highest BCUT2D eigenvalue weighted by Crippen LogP contribution is 2.46. The summed E-state index contributed by atoms with van der Waals surface area (Å²) < 4.78 is 28.7. The number of carbonyl (C=O) groups is 1. The summed E-state index contributed by atoms with van der Waals surface area (Å²) in [6.45, 7) is -0.214. The van der Waals surface area contributed by atoms with E-state index in [0.29, 0.717) is 11.4 Å². The second kappa shape index (κ2) is 5.77. The maximum absolute atomic E-state index is 13.0. The van der Waals surface area contributed by atoms with Crippen molar-refractivity contribution in [2.24, 2.45) is 0 Å². The van der Waals surface area contributed by atoms with E-state index < -0.39 is 10.2 Å². The number of amides is 1. The topological polar surface area (TPSA) is 60.9 Å². The van der Waals surface area contributed by atoms with Gasteiger partial charge in [-0.1, -0.05) is 30.3 Å². The van der Waals surface area contributed by atoms with Gasteiger partial charge in [-0.25, -0.2) is 8.61 Å². The van der Waals surface area contributed by atoms with Crippen LogP contribution in [0.4, 0.5) is 17.1 Å². The summed E-state index contributed by atoms with van der Waals surface area (Å²) in [5.74, 6) is -0.276. The van der Waals surface area contributed by atoms with E-state index in [0.717, 1.165) is 18.5 Å². The number of nitrogens with zero attached hydrogens (tertiary/aromatic N) is 3. The number of rotatable bonds is 4. The van der Waals surface area contributed by atoms with E-state index >= 15 is 0 Å². The van der Waals surface area contributed by atoms with Gasteiger partial charge in [0.15, 0.2) is 0 Å². The molecule has 0 N–H and O–H groups in total. The minimum Gasteiger partial charge on any atom is -0.314 e. The molecule has 4 rings (SSSR count). The molecule has 1 amide bonds. The summed E-state index contributed by atoms with van der Waals surface area (Å²) in [5.41, 5.74) is 1.97. The Morgan fingerprint density at radius 2 is 1.64 bits per heavy atom. The van der Waals surface area contributed by atoms with Crippen molar-refractivity contribution in [3.8, 4) is 0 Å². The molecule has 0 radical (unpaired) electrons. The molecule has 1 saturated carbocycles. The lowest BCUT2D eigenvalue weighted by Crippen LogP contribution is -2.44. The van der Waals surface area contributed by atoms with E-state index in [-0.39, 0.29) is 18.5 Å². The monoisotopic (exact) mass is 357 g/mol. The van der Waals surface area contributed by atoms with Crippen LogP contribution in [0.3, 0.4) is 0 Å². The molecule has 1 aliphatic carbocycles. The first-order chi connectivity index (χ1) is 12.0. The largest absolute Gasteiger partial charge is 0.327 e. The van der Waals surface area contributed by atoms with Crippen molar-refractivity contribution < 1.29 is 13.2 Å². The quantitative estimate of drug-likeness (QED) is 0.844. The van der Waals surface area contributed by atoms with Crippen LogP contribution in [0, 0.1) is 0 Å². The molecular weight excluding hydrogens is 338 g/mol. The van der Waals surface area contributed by atoms with Crippen molar-refractivity contribution in [3.63, 3.8) is 0 Å². The Morgan fingerprint density at radius 1 is 1.04 bits per heavy atom. The zero-order valence-electron chi connectivity index (χ0n) is 13.9. The Morgan fingerprint density at radius 3 is 2.28 bits per heavy atom. The van der Waals surface area contributed by atoms with Crippen molar-refractivity contribution in [1.29, 1.82) is 0 Å². The Labute approximate surface area is 147 Å². The van der Waals surface area contributed by atoms with E-state index in [1.54, 1.807) is 25.2 Å². The minimum absolute atomic E-state index is 0.0121. The molecule has 7 heteroatoms. The summed E-state index contributed by atoms with van der Waals surface area (Å²) in [7, 11) is -2.06. The number of carbonyl (C=O) groups excluding carboxylic acids is 1. The average molecular weight is 357 g/mol. The summed E-state index contributed by atoms with van der Waals surface area (Å²) in [4.78, 5) is 14.2. The van der Waals surface area contributed by atoms with Crippen molar-refractivity contribution in [2.75, 3.05) is 27.1 Å². The molecule has 25 heavy (non-hydrogen) atoms. The van der Waals surface area contributed by atoms with Crippen molar-refractivity contribution in [3.05, 3.63) is 54.6 Å². The molecule has 0 saturated heterocycles. The van der Waals surface area contributed by atoms with Gasteiger partial charge in [-0.2, -0.15) is 8.42 Å². The van der Waals surface area contributed by atoms with Gasteiger partial charge in [0.1, 0.15) is 6.54 Å². The van der Waals surface area contributed by atoms with Crippen LogP contribution < -0.4 is 13.5 Å². The van der Waals surface area contributed by atoms with Crippen LogP contribution in [-0.4, -0.2) is 34.0 Å². The second-order valence-corrected chi connectivity index (χ2v) is 8.05. The molecule has 0 unspecified atom stereocenters. The first-order valence-electron chi connectivity index (χ1n) is 8.23. The molecule has 2 aliphatic rings. The van der Waals surface area contributed by atoms with Gasteiger partial charge in [-0.05, 0) is 37.1 Å². The van der Waals surface area contributed by atoms with Crippen LogP contribution in [0.1, 0.15) is 12.8 Å². The van der Waals surface area contributed by atoms with Gasteiger partial charge in [0.2, 0.25) is 5.91 Å². The highest BCUT2D eigenvalue weighted by Gasteiger charge is 2.48. The molecule has 1 fully saturated rings. The van der Waals surface area contributed by atoms with E-state index in [1.807, 2.05) is 36.4 Å². The van der Waals surface area contributed by atoms with Crippen LogP contribution in [-0.2, 0) is 15.0 Å². The molecule has 0 atom stereocenters. The van der Waals surface area contributed by atoms with Gasteiger partial charge in [0, 0.05) is 18.8 Å². The van der Waals surface area contributed by atoms with Gasteiger partial charge >= 0.3 is 10.2 Å². The molecule has 2 aromatic rings. The number of para-hydroxylation sites is 3. The molecule has 0 spiro atoms. The Hall–Kier alpha value is -2.54. The number of hydrogen-bond acceptors (Lipinski definition) is 3. The molecule has 1 heterocycles. The zero-order chi connectivity index (χ0) is 17.6. The Balaban J connectivity index is 1.65. The standard InChI is InChI=1S/C18H19N3O3S/c1-19(14-7-3-2-4-8-14)18(22)13-20-16-9-5-6-10-17(16)21(15-11-12-15)25(20,23)24/h2-10,15H,11-13H2,1H3. The molecular formula is C18H19N3O3S. The van der Waals surface area contributed by atoms with Crippen LogP contribution in [0.25, 0.3) is 0 Å². The predicted molar refractivity (Wildman–Crippen MR) is 98.1 cm³/mol. The normalized spacial score (nSPS) is 18.1. The summed E-state index contributed by atoms with van der Waals surface area (Å²) in [6, 6.07) is 16.4. The summed E-state index contributed by atoms with van der Waals surface area (Å²) >= 11 is 0. The van der Waals surface area contributed by atoms with Crippen molar-refractivity contribution >= 4 is 33.2 Å². The highest BCUT2D eigenvalue weighted by molar-refractivity contribution is 7.94. The first kappa shape index (κ1) is 16.0. The minimum atomic E-state index is -3.72. The predicted octanol–water partition coefficient (Wildman–Crippen LogP) is 2.38. The van der Waals surface area contributed by atoms with Crippen LogP contribution >= 0.6 is 0 Å². The number of anilines is 3. The summed E-state index contributed by atoms with van der Waals surface area (Å²) in [6.07, 6.45) is 1.72. The summed E-state index contributed by atoms with van der Waals surface area (Å²) in [5, 5.41) is 0. The maximum Gasteiger partial charge on any atom is 0.327 e. The van der Waals surface area contributed by atoms with E-state index in [4.69, 9.17) is 0 Å². The third-order valence-electron chi connectivity index (χ3n) is 4.59. The van der Waals surface area contributed by atoms with E-state index in [1.165, 1.54) is 13.5 Å². The van der Waals surface area contributed by atoms with Gasteiger partial charge < -0.3 is 4.90 Å². The highest BCUT2D eigenvalue weighted by atomic mass is 32.2. The van der Waals surface area contributed by atoms with Crippen LogP contribution in [0.15, 0.2) is 54.6 Å². The molecule has 6 nitrogen and oxygen atoms in total. The van der Waals surface area contributed by atoms with Gasteiger partial charge in [-0.3, -0.25) is 4.79 Å². The Bertz CT molecular complexity index is 910. The van der Waals surface area contributed by atoms with Crippen LogP contribution in [0.5, 0.6) is 0 Å². The van der Waals surface area contributed by atoms with Crippen molar-refractivity contribution in [2.45, 2.75) is 18.9 Å². The van der Waals surface area contributed by atoms with Crippen molar-refractivity contribution in [1.82, 2.24) is 0 Å². The fourth-order valence-corrected chi connectivity index (χ4v) is 4.98.